The average Bonchev–Trinajstić information content (AvgIpc) is 3.18. The van der Waals surface area contributed by atoms with E-state index in [1.165, 1.54) is 7.11 Å². The lowest BCUT2D eigenvalue weighted by molar-refractivity contribution is -0.596. The van der Waals surface area contributed by atoms with Gasteiger partial charge in [-0.15, -0.1) is 10.1 Å². The van der Waals surface area contributed by atoms with Gasteiger partial charge in [0.15, 0.2) is 17.5 Å². The Labute approximate surface area is 197 Å². The summed E-state index contributed by atoms with van der Waals surface area (Å²) in [5, 5.41) is 2.89. The number of nitrogens with one attached hydrogen (secondary N) is 2. The van der Waals surface area contributed by atoms with Crippen LogP contribution in [0, 0.1) is 0 Å². The van der Waals surface area contributed by atoms with Gasteiger partial charge in [-0.3, -0.25) is 9.59 Å². The highest BCUT2D eigenvalue weighted by Gasteiger charge is 2.47. The van der Waals surface area contributed by atoms with Crippen molar-refractivity contribution >= 4 is 18.0 Å². The number of methoxy groups -OCH3 is 3. The summed E-state index contributed by atoms with van der Waals surface area (Å²) in [5.74, 6) is 0.811. The van der Waals surface area contributed by atoms with E-state index in [1.807, 2.05) is 36.4 Å². The fourth-order valence-electron chi connectivity index (χ4n) is 3.98. The van der Waals surface area contributed by atoms with Crippen LogP contribution in [-0.2, 0) is 4.79 Å². The zero-order valence-electron chi connectivity index (χ0n) is 19.1. The van der Waals surface area contributed by atoms with Crippen LogP contribution in [0.2, 0.25) is 0 Å². The largest absolute Gasteiger partial charge is 0.493 e. The van der Waals surface area contributed by atoms with E-state index < -0.39 is 12.1 Å². The smallest absolute Gasteiger partial charge is 0.304 e. The van der Waals surface area contributed by atoms with E-state index >= 15 is 0 Å². The van der Waals surface area contributed by atoms with Crippen LogP contribution in [0.1, 0.15) is 27.5 Å². The highest BCUT2D eigenvalue weighted by atomic mass is 16.5. The van der Waals surface area contributed by atoms with Crippen molar-refractivity contribution in [2.24, 2.45) is 0 Å². The molecule has 2 atom stereocenters. The van der Waals surface area contributed by atoms with Crippen molar-refractivity contribution in [3.8, 4) is 17.2 Å². The zero-order valence-corrected chi connectivity index (χ0v) is 19.1. The van der Waals surface area contributed by atoms with E-state index in [0.717, 1.165) is 5.56 Å². The van der Waals surface area contributed by atoms with Gasteiger partial charge in [-0.1, -0.05) is 48.5 Å². The Morgan fingerprint density at radius 2 is 1.50 bits per heavy atom. The first-order chi connectivity index (χ1) is 16.5. The lowest BCUT2D eigenvalue weighted by atomic mass is 10.00. The van der Waals surface area contributed by atoms with Crippen LogP contribution in [0.25, 0.3) is 0 Å². The third-order valence-corrected chi connectivity index (χ3v) is 5.58. The molecule has 1 saturated heterocycles. The highest BCUT2D eigenvalue weighted by molar-refractivity contribution is 5.98. The molecule has 4 rings (SSSR count). The second-order valence-electron chi connectivity index (χ2n) is 7.64. The van der Waals surface area contributed by atoms with Gasteiger partial charge in [0.2, 0.25) is 18.0 Å². The molecular formula is C26H26N3O5+. The minimum absolute atomic E-state index is 0.318. The molecule has 0 aromatic heterocycles. The maximum atomic E-state index is 13.0. The van der Waals surface area contributed by atoms with Gasteiger partial charge in [0.05, 0.1) is 21.3 Å². The molecule has 3 aromatic rings. The Morgan fingerprint density at radius 1 is 0.912 bits per heavy atom. The maximum Gasteiger partial charge on any atom is 0.304 e. The molecule has 0 aliphatic carbocycles. The number of nitrogens with zero attached hydrogens (tertiary/aromatic N) is 1. The number of hydrogen-bond acceptors (Lipinski definition) is 5. The van der Waals surface area contributed by atoms with Crippen LogP contribution in [0.4, 0.5) is 0 Å². The monoisotopic (exact) mass is 460 g/mol. The molecule has 2 N–H and O–H groups in total. The van der Waals surface area contributed by atoms with Crippen molar-refractivity contribution in [2.75, 3.05) is 21.3 Å². The Balaban J connectivity index is 1.74. The van der Waals surface area contributed by atoms with E-state index in [9.17, 15) is 9.59 Å². The molecule has 0 spiro atoms. The van der Waals surface area contributed by atoms with Crippen molar-refractivity contribution < 1.29 is 28.5 Å². The summed E-state index contributed by atoms with van der Waals surface area (Å²) in [4.78, 5) is 25.9. The number of rotatable bonds is 7. The SMILES string of the molecule is COc1cc(/C=[N+]2\NC(=O)[C@H](NC(=O)c3ccccc3)[C@H]2c2ccccc2)cc(OC)c1OC. The van der Waals surface area contributed by atoms with Crippen molar-refractivity contribution in [3.63, 3.8) is 0 Å². The van der Waals surface area contributed by atoms with E-state index in [-0.39, 0.29) is 11.8 Å². The predicted octanol–water partition coefficient (Wildman–Crippen LogP) is 2.73. The Morgan fingerprint density at radius 3 is 2.06 bits per heavy atom. The zero-order chi connectivity index (χ0) is 24.1. The number of hydrazine groups is 1. The number of benzene rings is 3. The fourth-order valence-corrected chi connectivity index (χ4v) is 3.98. The molecule has 174 valence electrons. The minimum Gasteiger partial charge on any atom is -0.493 e. The van der Waals surface area contributed by atoms with Crippen molar-refractivity contribution in [3.05, 3.63) is 89.5 Å². The summed E-state index contributed by atoms with van der Waals surface area (Å²) in [5.41, 5.74) is 4.93. The fraction of sp³-hybridized carbons (Fsp3) is 0.192. The molecular weight excluding hydrogens is 434 g/mol. The molecule has 1 fully saturated rings. The van der Waals surface area contributed by atoms with Gasteiger partial charge in [-0.05, 0) is 24.3 Å². The third kappa shape index (κ3) is 4.56. The van der Waals surface area contributed by atoms with Gasteiger partial charge in [0.1, 0.15) is 0 Å². The molecule has 1 aliphatic rings. The molecule has 8 heteroatoms. The number of hydrogen-bond donors (Lipinski definition) is 2. The first-order valence-electron chi connectivity index (χ1n) is 10.7. The standard InChI is InChI=1S/C26H25N3O5/c1-32-20-14-17(15-21(33-2)24(20)34-3)16-29-23(18-10-6-4-7-11-18)22(26(31)28-29)27-25(30)19-12-8-5-9-13-19/h4-16,22-23H,1-3H3,(H-,27,28,30,31)/p+1/b29-16-/t22-,23-/m1/s1. The summed E-state index contributed by atoms with van der Waals surface area (Å²) >= 11 is 0. The summed E-state index contributed by atoms with van der Waals surface area (Å²) in [7, 11) is 4.62. The molecule has 34 heavy (non-hydrogen) atoms. The molecule has 0 unspecified atom stereocenters. The molecule has 0 radical (unpaired) electrons. The van der Waals surface area contributed by atoms with Crippen molar-refractivity contribution in [1.29, 1.82) is 0 Å². The number of amides is 2. The molecule has 0 saturated carbocycles. The predicted molar refractivity (Wildman–Crippen MR) is 127 cm³/mol. The summed E-state index contributed by atoms with van der Waals surface area (Å²) in [6, 6.07) is 20.6. The van der Waals surface area contributed by atoms with E-state index in [0.29, 0.717) is 28.4 Å². The summed E-state index contributed by atoms with van der Waals surface area (Å²) in [6.07, 6.45) is 1.77. The topological polar surface area (TPSA) is 88.9 Å². The lowest BCUT2D eigenvalue weighted by Gasteiger charge is -2.15. The average molecular weight is 461 g/mol. The maximum absolute atomic E-state index is 13.0. The van der Waals surface area contributed by atoms with Crippen LogP contribution in [0.15, 0.2) is 72.8 Å². The minimum atomic E-state index is -0.812. The second-order valence-corrected chi connectivity index (χ2v) is 7.64. The van der Waals surface area contributed by atoms with Gasteiger partial charge in [-0.2, -0.15) is 0 Å². The molecule has 0 bridgehead atoms. The van der Waals surface area contributed by atoms with Crippen LogP contribution in [-0.4, -0.2) is 50.1 Å². The first kappa shape index (κ1) is 22.8. The number of carbonyl (C=O) groups is 2. The molecule has 2 amide bonds. The van der Waals surface area contributed by atoms with Crippen LogP contribution in [0.3, 0.4) is 0 Å². The van der Waals surface area contributed by atoms with Gasteiger partial charge < -0.3 is 19.5 Å². The number of ether oxygens (including phenoxy) is 3. The van der Waals surface area contributed by atoms with Crippen molar-refractivity contribution in [2.45, 2.75) is 12.1 Å². The molecule has 8 nitrogen and oxygen atoms in total. The Bertz CT molecular complexity index is 1190. The Kier molecular flexibility index (Phi) is 6.77. The normalized spacial score (nSPS) is 18.3. The quantitative estimate of drug-likeness (QED) is 0.530. The van der Waals surface area contributed by atoms with Gasteiger partial charge in [0, 0.05) is 16.7 Å². The van der Waals surface area contributed by atoms with Gasteiger partial charge >= 0.3 is 5.91 Å². The van der Waals surface area contributed by atoms with E-state index in [2.05, 4.69) is 10.7 Å². The molecule has 3 aromatic carbocycles. The number of carbonyl (C=O) groups excluding carboxylic acids is 2. The third-order valence-electron chi connectivity index (χ3n) is 5.58. The van der Waals surface area contributed by atoms with E-state index in [1.54, 1.807) is 61.5 Å². The summed E-state index contributed by atoms with van der Waals surface area (Å²) in [6.45, 7) is 0. The van der Waals surface area contributed by atoms with Gasteiger partial charge in [-0.25, -0.2) is 0 Å². The highest BCUT2D eigenvalue weighted by Crippen LogP contribution is 2.38. The van der Waals surface area contributed by atoms with E-state index in [4.69, 9.17) is 14.2 Å². The van der Waals surface area contributed by atoms with Crippen LogP contribution in [0.5, 0.6) is 17.2 Å². The molecule has 1 aliphatic heterocycles. The molecule has 1 heterocycles. The van der Waals surface area contributed by atoms with Crippen LogP contribution >= 0.6 is 0 Å². The number of hydrazone groups is 1. The van der Waals surface area contributed by atoms with Crippen LogP contribution < -0.4 is 25.0 Å². The first-order valence-corrected chi connectivity index (χ1v) is 10.7. The van der Waals surface area contributed by atoms with Gasteiger partial charge in [0.25, 0.3) is 5.91 Å². The van der Waals surface area contributed by atoms with Crippen molar-refractivity contribution in [1.82, 2.24) is 10.7 Å². The Hall–Kier alpha value is -4.33. The summed E-state index contributed by atoms with van der Waals surface area (Å²) < 4.78 is 18.0. The second kappa shape index (κ2) is 10.1. The lowest BCUT2D eigenvalue weighted by Crippen LogP contribution is -2.42.